The highest BCUT2D eigenvalue weighted by molar-refractivity contribution is 5.69. The van der Waals surface area contributed by atoms with Crippen molar-refractivity contribution in [3.8, 4) is 0 Å². The lowest BCUT2D eigenvalue weighted by Gasteiger charge is -2.15. The van der Waals surface area contributed by atoms with Gasteiger partial charge in [0.1, 0.15) is 6.10 Å². The van der Waals surface area contributed by atoms with Crippen molar-refractivity contribution in [2.45, 2.75) is 142 Å². The van der Waals surface area contributed by atoms with Gasteiger partial charge in [-0.1, -0.05) is 111 Å². The van der Waals surface area contributed by atoms with E-state index in [9.17, 15) is 4.79 Å². The van der Waals surface area contributed by atoms with Gasteiger partial charge >= 0.3 is 5.97 Å². The molecule has 150 valence electrons. The van der Waals surface area contributed by atoms with Crippen molar-refractivity contribution >= 4 is 5.97 Å². The van der Waals surface area contributed by atoms with Gasteiger partial charge in [-0.2, -0.15) is 0 Å². The molecule has 0 aromatic rings. The van der Waals surface area contributed by atoms with Crippen LogP contribution in [0.5, 0.6) is 0 Å². The molecule has 1 unspecified atom stereocenters. The molecule has 0 heterocycles. The van der Waals surface area contributed by atoms with Gasteiger partial charge in [-0.3, -0.25) is 4.79 Å². The molecule has 0 saturated heterocycles. The van der Waals surface area contributed by atoms with Gasteiger partial charge in [0, 0.05) is 6.42 Å². The van der Waals surface area contributed by atoms with Crippen LogP contribution in [-0.2, 0) is 9.53 Å². The summed E-state index contributed by atoms with van der Waals surface area (Å²) in [5, 5.41) is 0. The molecule has 2 nitrogen and oxygen atoms in total. The third kappa shape index (κ3) is 18.1. The van der Waals surface area contributed by atoms with Gasteiger partial charge in [-0.15, -0.1) is 0 Å². The zero-order chi connectivity index (χ0) is 18.6. The molecular weight excluding hydrogens is 308 g/mol. The lowest BCUT2D eigenvalue weighted by atomic mass is 10.0. The summed E-state index contributed by atoms with van der Waals surface area (Å²) in [7, 11) is 0. The summed E-state index contributed by atoms with van der Waals surface area (Å²) in [4.78, 5) is 11.9. The van der Waals surface area contributed by atoms with Crippen molar-refractivity contribution in [2.75, 3.05) is 0 Å². The van der Waals surface area contributed by atoms with Crippen LogP contribution in [0.15, 0.2) is 0 Å². The van der Waals surface area contributed by atoms with Crippen LogP contribution < -0.4 is 0 Å². The van der Waals surface area contributed by atoms with Gasteiger partial charge in [-0.25, -0.2) is 0 Å². The van der Waals surface area contributed by atoms with Gasteiger partial charge in [0.05, 0.1) is 0 Å². The maximum atomic E-state index is 11.9. The van der Waals surface area contributed by atoms with Crippen molar-refractivity contribution in [3.05, 3.63) is 0 Å². The Balaban J connectivity index is 3.30. The third-order valence-corrected chi connectivity index (χ3v) is 5.12. The van der Waals surface area contributed by atoms with Crippen LogP contribution in [0.3, 0.4) is 0 Å². The molecule has 0 aromatic carbocycles. The molecule has 0 radical (unpaired) electrons. The van der Waals surface area contributed by atoms with Crippen LogP contribution in [0.25, 0.3) is 0 Å². The SMILES string of the molecule is CCCCCCCCCCCCCCCC(=O)OC(CC)CCCC. The highest BCUT2D eigenvalue weighted by Gasteiger charge is 2.11. The summed E-state index contributed by atoms with van der Waals surface area (Å²) in [5.41, 5.74) is 0. The van der Waals surface area contributed by atoms with E-state index in [4.69, 9.17) is 4.74 Å². The summed E-state index contributed by atoms with van der Waals surface area (Å²) in [6, 6.07) is 0. The van der Waals surface area contributed by atoms with Gasteiger partial charge in [0.2, 0.25) is 0 Å². The second kappa shape index (κ2) is 19.8. The first kappa shape index (κ1) is 24.5. The minimum Gasteiger partial charge on any atom is -0.462 e. The smallest absolute Gasteiger partial charge is 0.306 e. The number of ether oxygens (including phenoxy) is 1. The standard InChI is InChI=1S/C23H46O2/c1-4-7-9-10-11-12-13-14-15-16-17-18-19-21-23(24)25-22(6-3)20-8-5-2/h22H,4-21H2,1-3H3. The average molecular weight is 355 g/mol. The normalized spacial score (nSPS) is 12.3. The van der Waals surface area contributed by atoms with Crippen molar-refractivity contribution < 1.29 is 9.53 Å². The van der Waals surface area contributed by atoms with Crippen LogP contribution in [0.1, 0.15) is 136 Å². The van der Waals surface area contributed by atoms with E-state index in [0.717, 1.165) is 25.7 Å². The molecule has 0 aliphatic heterocycles. The van der Waals surface area contributed by atoms with Crippen molar-refractivity contribution in [1.82, 2.24) is 0 Å². The number of hydrogen-bond donors (Lipinski definition) is 0. The Labute approximate surface area is 158 Å². The minimum atomic E-state index is 0.0195. The van der Waals surface area contributed by atoms with Crippen LogP contribution in [0.2, 0.25) is 0 Å². The van der Waals surface area contributed by atoms with E-state index in [-0.39, 0.29) is 12.1 Å². The minimum absolute atomic E-state index is 0.0195. The Bertz CT molecular complexity index is 275. The molecule has 0 N–H and O–H groups in total. The van der Waals surface area contributed by atoms with Crippen molar-refractivity contribution in [3.63, 3.8) is 0 Å². The third-order valence-electron chi connectivity index (χ3n) is 5.12. The first-order valence-corrected chi connectivity index (χ1v) is 11.4. The van der Waals surface area contributed by atoms with E-state index in [2.05, 4.69) is 20.8 Å². The van der Waals surface area contributed by atoms with Gasteiger partial charge in [0.15, 0.2) is 0 Å². The summed E-state index contributed by atoms with van der Waals surface area (Å²) in [5.74, 6) is 0.0195. The molecule has 0 rings (SSSR count). The van der Waals surface area contributed by atoms with Gasteiger partial charge < -0.3 is 4.74 Å². The quantitative estimate of drug-likeness (QED) is 0.173. The Kier molecular flexibility index (Phi) is 19.4. The average Bonchev–Trinajstić information content (AvgIpc) is 2.62. The van der Waals surface area contributed by atoms with Crippen molar-refractivity contribution in [1.29, 1.82) is 0 Å². The number of hydrogen-bond acceptors (Lipinski definition) is 2. The zero-order valence-corrected chi connectivity index (χ0v) is 17.6. The number of carbonyl (C=O) groups is 1. The van der Waals surface area contributed by atoms with E-state index in [1.165, 1.54) is 83.5 Å². The van der Waals surface area contributed by atoms with Gasteiger partial charge in [0.25, 0.3) is 0 Å². The molecule has 0 aliphatic rings. The molecule has 0 bridgehead atoms. The maximum absolute atomic E-state index is 11.9. The lowest BCUT2D eigenvalue weighted by molar-refractivity contribution is -0.149. The zero-order valence-electron chi connectivity index (χ0n) is 17.6. The number of esters is 1. The Morgan fingerprint density at radius 3 is 1.52 bits per heavy atom. The van der Waals surface area contributed by atoms with Gasteiger partial charge in [-0.05, 0) is 19.3 Å². The van der Waals surface area contributed by atoms with Crippen LogP contribution >= 0.6 is 0 Å². The topological polar surface area (TPSA) is 26.3 Å². The molecule has 0 fully saturated rings. The molecule has 0 amide bonds. The molecule has 0 saturated carbocycles. The first-order valence-electron chi connectivity index (χ1n) is 11.4. The van der Waals surface area contributed by atoms with E-state index in [0.29, 0.717) is 6.42 Å². The molecule has 2 heteroatoms. The largest absolute Gasteiger partial charge is 0.462 e. The van der Waals surface area contributed by atoms with E-state index in [1.54, 1.807) is 0 Å². The van der Waals surface area contributed by atoms with Crippen LogP contribution in [0, 0.1) is 0 Å². The molecule has 0 aliphatic carbocycles. The van der Waals surface area contributed by atoms with E-state index < -0.39 is 0 Å². The Morgan fingerprint density at radius 1 is 0.640 bits per heavy atom. The van der Waals surface area contributed by atoms with Crippen LogP contribution in [-0.4, -0.2) is 12.1 Å². The van der Waals surface area contributed by atoms with E-state index in [1.807, 2.05) is 0 Å². The fourth-order valence-electron chi connectivity index (χ4n) is 3.31. The molecular formula is C23H46O2. The Morgan fingerprint density at radius 2 is 1.08 bits per heavy atom. The number of carbonyl (C=O) groups excluding carboxylic acids is 1. The molecule has 25 heavy (non-hydrogen) atoms. The lowest BCUT2D eigenvalue weighted by Crippen LogP contribution is -2.17. The number of rotatable bonds is 19. The highest BCUT2D eigenvalue weighted by atomic mass is 16.5. The Hall–Kier alpha value is -0.530. The summed E-state index contributed by atoms with van der Waals surface area (Å²) in [6.07, 6.45) is 22.5. The summed E-state index contributed by atoms with van der Waals surface area (Å²) in [6.45, 7) is 6.57. The predicted molar refractivity (Wildman–Crippen MR) is 110 cm³/mol. The second-order valence-electron chi connectivity index (χ2n) is 7.65. The second-order valence-corrected chi connectivity index (χ2v) is 7.65. The summed E-state index contributed by atoms with van der Waals surface area (Å²) >= 11 is 0. The predicted octanol–water partition coefficient (Wildman–Crippen LogP) is 7.98. The maximum Gasteiger partial charge on any atom is 0.306 e. The molecule has 1 atom stereocenters. The van der Waals surface area contributed by atoms with Crippen molar-refractivity contribution in [2.24, 2.45) is 0 Å². The number of unbranched alkanes of at least 4 members (excludes halogenated alkanes) is 13. The first-order chi connectivity index (χ1) is 12.2. The fourth-order valence-corrected chi connectivity index (χ4v) is 3.31. The molecule has 0 aromatic heterocycles. The molecule has 0 spiro atoms. The highest BCUT2D eigenvalue weighted by Crippen LogP contribution is 2.14. The summed E-state index contributed by atoms with van der Waals surface area (Å²) < 4.78 is 5.57. The fraction of sp³-hybridized carbons (Fsp3) is 0.957. The van der Waals surface area contributed by atoms with E-state index >= 15 is 0 Å². The van der Waals surface area contributed by atoms with Crippen LogP contribution in [0.4, 0.5) is 0 Å². The monoisotopic (exact) mass is 354 g/mol.